The van der Waals surface area contributed by atoms with Gasteiger partial charge in [0.25, 0.3) is 5.56 Å². The summed E-state index contributed by atoms with van der Waals surface area (Å²) in [6.45, 7) is 3.07. The number of aromatic nitrogens is 3. The second-order valence-corrected chi connectivity index (χ2v) is 6.07. The summed E-state index contributed by atoms with van der Waals surface area (Å²) in [6, 6.07) is 1.67. The van der Waals surface area contributed by atoms with E-state index in [1.54, 1.807) is 17.8 Å². The van der Waals surface area contributed by atoms with E-state index in [4.69, 9.17) is 5.73 Å². The average Bonchev–Trinajstić information content (AvgIpc) is 3.02. The van der Waals surface area contributed by atoms with Gasteiger partial charge in [0, 0.05) is 24.5 Å². The fourth-order valence-electron chi connectivity index (χ4n) is 2.61. The zero-order valence-corrected chi connectivity index (χ0v) is 12.6. The number of nitrogens with zero attached hydrogens (tertiary/aromatic N) is 4. The van der Waals surface area contributed by atoms with E-state index in [0.717, 1.165) is 43.9 Å². The first-order valence-electron chi connectivity index (χ1n) is 7.15. The Morgan fingerprint density at radius 3 is 2.81 bits per heavy atom. The van der Waals surface area contributed by atoms with Gasteiger partial charge in [-0.25, -0.2) is 9.67 Å². The molecule has 0 atom stereocenters. The normalized spacial score (nSPS) is 16.3. The third-order valence-corrected chi connectivity index (χ3v) is 4.60. The largest absolute Gasteiger partial charge is 0.370 e. The Labute approximate surface area is 127 Å². The van der Waals surface area contributed by atoms with E-state index in [1.807, 2.05) is 5.38 Å². The van der Waals surface area contributed by atoms with Crippen molar-refractivity contribution in [2.45, 2.75) is 19.4 Å². The fraction of sp³-hybridized carbons (Fsp3) is 0.500. The zero-order valence-electron chi connectivity index (χ0n) is 11.8. The number of anilines is 1. The standard InChI is InChI=1S/C14H19N5OS/c15-6-11-1-3-18(4-2-11)13-5-14(20)19(17-7-13)8-12-9-21-10-16-12/h5,7,9-11H,1-4,6,8,15H2. The number of hydrogen-bond donors (Lipinski definition) is 1. The van der Waals surface area contributed by atoms with Crippen LogP contribution in [0.5, 0.6) is 0 Å². The molecule has 6 nitrogen and oxygen atoms in total. The lowest BCUT2D eigenvalue weighted by Gasteiger charge is -2.32. The van der Waals surface area contributed by atoms with Crippen LogP contribution in [0.2, 0.25) is 0 Å². The van der Waals surface area contributed by atoms with Crippen molar-refractivity contribution in [3.8, 4) is 0 Å². The second-order valence-electron chi connectivity index (χ2n) is 5.36. The molecule has 21 heavy (non-hydrogen) atoms. The summed E-state index contributed by atoms with van der Waals surface area (Å²) in [5.74, 6) is 0.610. The molecule has 7 heteroatoms. The van der Waals surface area contributed by atoms with Crippen molar-refractivity contribution in [3.63, 3.8) is 0 Å². The Bertz CT molecular complexity index is 631. The first kappa shape index (κ1) is 14.2. The molecule has 1 fully saturated rings. The van der Waals surface area contributed by atoms with Gasteiger partial charge in [-0.05, 0) is 25.3 Å². The van der Waals surface area contributed by atoms with Gasteiger partial charge in [0.05, 0.1) is 29.6 Å². The molecule has 0 aliphatic carbocycles. The summed E-state index contributed by atoms with van der Waals surface area (Å²) < 4.78 is 1.45. The SMILES string of the molecule is NCC1CCN(c2cnn(Cc3cscn3)c(=O)c2)CC1. The molecule has 112 valence electrons. The highest BCUT2D eigenvalue weighted by atomic mass is 32.1. The molecule has 0 aromatic carbocycles. The minimum atomic E-state index is -0.0820. The molecule has 2 aromatic heterocycles. The van der Waals surface area contributed by atoms with E-state index >= 15 is 0 Å². The predicted octanol–water partition coefficient (Wildman–Crippen LogP) is 0.923. The maximum atomic E-state index is 12.2. The zero-order chi connectivity index (χ0) is 14.7. The molecule has 1 aliphatic heterocycles. The molecule has 2 N–H and O–H groups in total. The van der Waals surface area contributed by atoms with Crippen LogP contribution in [0.1, 0.15) is 18.5 Å². The summed E-state index contributed by atoms with van der Waals surface area (Å²) in [6.07, 6.45) is 3.94. The first-order chi connectivity index (χ1) is 10.3. The van der Waals surface area contributed by atoms with Gasteiger partial charge < -0.3 is 10.6 Å². The van der Waals surface area contributed by atoms with Crippen LogP contribution in [0, 0.1) is 5.92 Å². The van der Waals surface area contributed by atoms with Crippen LogP contribution >= 0.6 is 11.3 Å². The van der Waals surface area contributed by atoms with Gasteiger partial charge in [0.2, 0.25) is 0 Å². The lowest BCUT2D eigenvalue weighted by Crippen LogP contribution is -2.37. The van der Waals surface area contributed by atoms with E-state index in [2.05, 4.69) is 15.0 Å². The molecule has 0 radical (unpaired) electrons. The number of thiazole rings is 1. The highest BCUT2D eigenvalue weighted by Gasteiger charge is 2.19. The number of nitrogens with two attached hydrogens (primary N) is 1. The van der Waals surface area contributed by atoms with Crippen molar-refractivity contribution in [1.82, 2.24) is 14.8 Å². The number of hydrogen-bond acceptors (Lipinski definition) is 6. The molecule has 0 amide bonds. The van der Waals surface area contributed by atoms with Gasteiger partial charge >= 0.3 is 0 Å². The summed E-state index contributed by atoms with van der Waals surface area (Å²) in [5.41, 5.74) is 9.16. The van der Waals surface area contributed by atoms with Crippen LogP contribution in [-0.4, -0.2) is 34.4 Å². The van der Waals surface area contributed by atoms with Gasteiger partial charge in [0.15, 0.2) is 0 Å². The highest BCUT2D eigenvalue weighted by molar-refractivity contribution is 7.07. The van der Waals surface area contributed by atoms with Crippen molar-refractivity contribution in [2.24, 2.45) is 11.7 Å². The van der Waals surface area contributed by atoms with Gasteiger partial charge in [-0.15, -0.1) is 11.3 Å². The predicted molar refractivity (Wildman–Crippen MR) is 83.7 cm³/mol. The quantitative estimate of drug-likeness (QED) is 0.909. The minimum Gasteiger partial charge on any atom is -0.370 e. The lowest BCUT2D eigenvalue weighted by atomic mass is 9.97. The maximum absolute atomic E-state index is 12.2. The van der Waals surface area contributed by atoms with Crippen LogP contribution in [0.3, 0.4) is 0 Å². The Kier molecular flexibility index (Phi) is 4.31. The molecule has 3 rings (SSSR count). The number of piperidine rings is 1. The molecule has 2 aromatic rings. The van der Waals surface area contributed by atoms with Crippen molar-refractivity contribution < 1.29 is 0 Å². The summed E-state index contributed by atoms with van der Waals surface area (Å²) >= 11 is 1.52. The van der Waals surface area contributed by atoms with Gasteiger partial charge in [0.1, 0.15) is 0 Å². The van der Waals surface area contributed by atoms with Gasteiger partial charge in [-0.3, -0.25) is 4.79 Å². The molecule has 3 heterocycles. The van der Waals surface area contributed by atoms with E-state index in [0.29, 0.717) is 12.5 Å². The van der Waals surface area contributed by atoms with E-state index in [-0.39, 0.29) is 5.56 Å². The topological polar surface area (TPSA) is 77.0 Å². The first-order valence-corrected chi connectivity index (χ1v) is 8.10. The Morgan fingerprint density at radius 2 is 2.19 bits per heavy atom. The van der Waals surface area contributed by atoms with Gasteiger partial charge in [-0.2, -0.15) is 5.10 Å². The summed E-state index contributed by atoms with van der Waals surface area (Å²) in [4.78, 5) is 18.6. The molecule has 0 saturated carbocycles. The second kappa shape index (κ2) is 6.36. The number of rotatable bonds is 4. The van der Waals surface area contributed by atoms with Crippen LogP contribution in [-0.2, 0) is 6.54 Å². The van der Waals surface area contributed by atoms with Crippen LogP contribution in [0.4, 0.5) is 5.69 Å². The third-order valence-electron chi connectivity index (χ3n) is 3.96. The third kappa shape index (κ3) is 3.30. The Balaban J connectivity index is 1.71. The molecule has 1 aliphatic rings. The van der Waals surface area contributed by atoms with Crippen LogP contribution < -0.4 is 16.2 Å². The molecule has 1 saturated heterocycles. The molecular formula is C14H19N5OS. The van der Waals surface area contributed by atoms with Gasteiger partial charge in [-0.1, -0.05) is 0 Å². The Hall–Kier alpha value is -1.73. The van der Waals surface area contributed by atoms with Crippen LogP contribution in [0.15, 0.2) is 27.9 Å². The van der Waals surface area contributed by atoms with Crippen molar-refractivity contribution in [3.05, 3.63) is 39.2 Å². The van der Waals surface area contributed by atoms with E-state index in [9.17, 15) is 4.79 Å². The molecule has 0 bridgehead atoms. The molecular weight excluding hydrogens is 286 g/mol. The fourth-order valence-corrected chi connectivity index (χ4v) is 3.16. The highest BCUT2D eigenvalue weighted by Crippen LogP contribution is 2.20. The average molecular weight is 305 g/mol. The van der Waals surface area contributed by atoms with E-state index < -0.39 is 0 Å². The monoisotopic (exact) mass is 305 g/mol. The van der Waals surface area contributed by atoms with Crippen molar-refractivity contribution in [2.75, 3.05) is 24.5 Å². The Morgan fingerprint density at radius 1 is 1.38 bits per heavy atom. The lowest BCUT2D eigenvalue weighted by molar-refractivity contribution is 0.414. The van der Waals surface area contributed by atoms with Crippen molar-refractivity contribution >= 4 is 17.0 Å². The molecule has 0 spiro atoms. The molecule has 0 unspecified atom stereocenters. The smallest absolute Gasteiger partial charge is 0.269 e. The minimum absolute atomic E-state index is 0.0820. The maximum Gasteiger partial charge on any atom is 0.269 e. The van der Waals surface area contributed by atoms with Crippen LogP contribution in [0.25, 0.3) is 0 Å². The van der Waals surface area contributed by atoms with Crippen molar-refractivity contribution in [1.29, 1.82) is 0 Å². The summed E-state index contributed by atoms with van der Waals surface area (Å²) in [7, 11) is 0. The van der Waals surface area contributed by atoms with E-state index in [1.165, 1.54) is 16.0 Å². The summed E-state index contributed by atoms with van der Waals surface area (Å²) in [5, 5.41) is 6.20.